The Morgan fingerprint density at radius 1 is 1.08 bits per heavy atom. The van der Waals surface area contributed by atoms with Crippen molar-refractivity contribution in [2.75, 3.05) is 20.7 Å². The first kappa shape index (κ1) is 30.9. The monoisotopic (exact) mass is 537 g/mol. The van der Waals surface area contributed by atoms with Crippen molar-refractivity contribution >= 4 is 23.9 Å². The Balaban J connectivity index is 2.23. The lowest BCUT2D eigenvalue weighted by Crippen LogP contribution is -2.59. The number of esters is 1. The molecule has 1 aliphatic rings. The number of likely N-dealkylation sites (N-methyl/N-ethyl adjacent to an activating group) is 1. The van der Waals surface area contributed by atoms with Crippen LogP contribution in [-0.2, 0) is 23.9 Å². The first-order valence-corrected chi connectivity index (χ1v) is 12.5. The molecule has 1 aromatic rings. The van der Waals surface area contributed by atoms with Gasteiger partial charge in [-0.25, -0.2) is 14.0 Å². The Morgan fingerprint density at radius 3 is 2.16 bits per heavy atom. The van der Waals surface area contributed by atoms with Crippen LogP contribution >= 0.6 is 0 Å². The third-order valence-corrected chi connectivity index (χ3v) is 6.18. The molecule has 0 spiro atoms. The largest absolute Gasteiger partial charge is 0.488 e. The molecule has 4 atom stereocenters. The van der Waals surface area contributed by atoms with Crippen LogP contribution in [0.1, 0.15) is 54.9 Å². The van der Waals surface area contributed by atoms with Crippen LogP contribution in [0, 0.1) is 11.2 Å². The average Bonchev–Trinajstić information content (AvgIpc) is 3.23. The zero-order valence-electron chi connectivity index (χ0n) is 23.7. The molecule has 3 amide bonds. The third-order valence-electron chi connectivity index (χ3n) is 6.18. The van der Waals surface area contributed by atoms with E-state index in [1.54, 1.807) is 41.5 Å². The second-order valence-corrected chi connectivity index (χ2v) is 11.5. The Bertz CT molecular complexity index is 1020. The number of nitrogens with one attached hydrogen (secondary N) is 1. The minimum absolute atomic E-state index is 0.0613. The molecule has 1 saturated heterocycles. The van der Waals surface area contributed by atoms with Gasteiger partial charge in [0.25, 0.3) is 0 Å². The summed E-state index contributed by atoms with van der Waals surface area (Å²) in [4.78, 5) is 54.5. The summed E-state index contributed by atoms with van der Waals surface area (Å²) in [6.07, 6.45) is -1.06. The van der Waals surface area contributed by atoms with Crippen LogP contribution in [-0.4, -0.2) is 84.2 Å². The molecule has 1 fully saturated rings. The van der Waals surface area contributed by atoms with Gasteiger partial charge in [0.15, 0.2) is 0 Å². The van der Waals surface area contributed by atoms with E-state index in [1.807, 2.05) is 0 Å². The van der Waals surface area contributed by atoms with E-state index < -0.39 is 64.9 Å². The van der Waals surface area contributed by atoms with Gasteiger partial charge in [-0.1, -0.05) is 20.8 Å². The molecule has 1 N–H and O–H groups in total. The van der Waals surface area contributed by atoms with Gasteiger partial charge in [0, 0.05) is 13.5 Å². The lowest BCUT2D eigenvalue weighted by atomic mass is 9.85. The zero-order valence-corrected chi connectivity index (χ0v) is 23.7. The number of ether oxygens (including phenoxy) is 3. The SMILES string of the molecule is COC(=O)C1CC(Oc2ccc(F)cc2)CN1C(=O)C(NC(=O)C(C)N(C)C(=O)OC(C)(C)C)C(C)(C)C. The number of rotatable bonds is 7. The summed E-state index contributed by atoms with van der Waals surface area (Å²) in [5.41, 5.74) is -1.48. The van der Waals surface area contributed by atoms with Crippen molar-refractivity contribution in [3.05, 3.63) is 30.1 Å². The summed E-state index contributed by atoms with van der Waals surface area (Å²) in [5.74, 6) is -1.67. The number of hydrogen-bond donors (Lipinski definition) is 1. The fourth-order valence-electron chi connectivity index (χ4n) is 3.94. The molecule has 212 valence electrons. The highest BCUT2D eigenvalue weighted by molar-refractivity contribution is 5.93. The molecule has 10 nitrogen and oxygen atoms in total. The van der Waals surface area contributed by atoms with E-state index in [-0.39, 0.29) is 13.0 Å². The Morgan fingerprint density at radius 2 is 1.66 bits per heavy atom. The molecule has 4 unspecified atom stereocenters. The van der Waals surface area contributed by atoms with E-state index in [0.717, 1.165) is 4.90 Å². The van der Waals surface area contributed by atoms with Crippen LogP contribution in [0.2, 0.25) is 0 Å². The van der Waals surface area contributed by atoms with Gasteiger partial charge in [-0.05, 0) is 57.4 Å². The minimum atomic E-state index is -1.03. The van der Waals surface area contributed by atoms with Crippen molar-refractivity contribution in [3.8, 4) is 5.75 Å². The van der Waals surface area contributed by atoms with E-state index in [1.165, 1.54) is 50.2 Å². The van der Waals surface area contributed by atoms with Gasteiger partial charge in [-0.2, -0.15) is 0 Å². The second-order valence-electron chi connectivity index (χ2n) is 11.5. The molecule has 0 radical (unpaired) electrons. The van der Waals surface area contributed by atoms with Gasteiger partial charge < -0.3 is 24.4 Å². The molecule has 38 heavy (non-hydrogen) atoms. The second kappa shape index (κ2) is 12.0. The van der Waals surface area contributed by atoms with Crippen LogP contribution in [0.4, 0.5) is 9.18 Å². The molecular weight excluding hydrogens is 497 g/mol. The lowest BCUT2D eigenvalue weighted by molar-refractivity contribution is -0.153. The summed E-state index contributed by atoms with van der Waals surface area (Å²) in [7, 11) is 2.67. The van der Waals surface area contributed by atoms with Crippen LogP contribution in [0.15, 0.2) is 24.3 Å². The first-order valence-electron chi connectivity index (χ1n) is 12.5. The Kier molecular flexibility index (Phi) is 9.74. The summed E-state index contributed by atoms with van der Waals surface area (Å²) in [5, 5.41) is 2.77. The molecule has 0 aromatic heterocycles. The number of nitrogens with zero attached hydrogens (tertiary/aromatic N) is 2. The van der Waals surface area contributed by atoms with Crippen LogP contribution in [0.5, 0.6) is 5.75 Å². The van der Waals surface area contributed by atoms with E-state index in [2.05, 4.69) is 5.32 Å². The third kappa shape index (κ3) is 8.06. The van der Waals surface area contributed by atoms with Crippen molar-refractivity contribution in [3.63, 3.8) is 0 Å². The first-order chi connectivity index (χ1) is 17.4. The normalized spacial score (nSPS) is 19.3. The minimum Gasteiger partial charge on any atom is -0.488 e. The average molecular weight is 538 g/mol. The number of methoxy groups -OCH3 is 1. The summed E-state index contributed by atoms with van der Waals surface area (Å²) >= 11 is 0. The predicted molar refractivity (Wildman–Crippen MR) is 138 cm³/mol. The topological polar surface area (TPSA) is 114 Å². The van der Waals surface area contributed by atoms with E-state index in [4.69, 9.17) is 14.2 Å². The Hall–Kier alpha value is -3.37. The van der Waals surface area contributed by atoms with Crippen molar-refractivity contribution in [1.29, 1.82) is 0 Å². The van der Waals surface area contributed by atoms with Gasteiger partial charge in [0.1, 0.15) is 41.4 Å². The number of hydrogen-bond acceptors (Lipinski definition) is 7. The molecule has 1 heterocycles. The maximum absolute atomic E-state index is 13.8. The highest BCUT2D eigenvalue weighted by Gasteiger charge is 2.46. The van der Waals surface area contributed by atoms with Gasteiger partial charge in [0.05, 0.1) is 13.7 Å². The standard InChI is InChI=1S/C27H40FN3O7/c1-16(30(8)25(35)38-27(5,6)7)22(32)29-21(26(2,3)4)23(33)31-15-19(14-20(31)24(34)36-9)37-18-12-10-17(28)11-13-18/h10-13,16,19-21H,14-15H2,1-9H3,(H,29,32). The summed E-state index contributed by atoms with van der Waals surface area (Å²) in [6.45, 7) is 12.1. The molecule has 0 saturated carbocycles. The molecule has 0 aliphatic carbocycles. The van der Waals surface area contributed by atoms with Gasteiger partial charge in [-0.15, -0.1) is 0 Å². The summed E-state index contributed by atoms with van der Waals surface area (Å²) in [6, 6.07) is 2.55. The number of carbonyl (C=O) groups excluding carboxylic acids is 4. The number of carbonyl (C=O) groups is 4. The van der Waals surface area contributed by atoms with Crippen LogP contribution in [0.25, 0.3) is 0 Å². The van der Waals surface area contributed by atoms with Crippen LogP contribution in [0.3, 0.4) is 0 Å². The maximum atomic E-state index is 13.8. The Labute approximate surface area is 223 Å². The summed E-state index contributed by atoms with van der Waals surface area (Å²) < 4.78 is 29.4. The van der Waals surface area contributed by atoms with Crippen molar-refractivity contribution in [2.24, 2.45) is 5.41 Å². The number of amides is 3. The van der Waals surface area contributed by atoms with E-state index in [0.29, 0.717) is 5.75 Å². The number of benzene rings is 1. The van der Waals surface area contributed by atoms with E-state index in [9.17, 15) is 23.6 Å². The van der Waals surface area contributed by atoms with Gasteiger partial charge >= 0.3 is 12.1 Å². The zero-order chi connectivity index (χ0) is 29.0. The molecule has 11 heteroatoms. The number of likely N-dealkylation sites (tertiary alicyclic amines) is 1. The van der Waals surface area contributed by atoms with Crippen molar-refractivity contribution < 1.29 is 37.8 Å². The predicted octanol–water partition coefficient (Wildman–Crippen LogP) is 3.13. The smallest absolute Gasteiger partial charge is 0.410 e. The number of halogens is 1. The van der Waals surface area contributed by atoms with Gasteiger partial charge in [0.2, 0.25) is 11.8 Å². The molecule has 1 aromatic carbocycles. The van der Waals surface area contributed by atoms with Crippen LogP contribution < -0.4 is 10.1 Å². The molecule has 1 aliphatic heterocycles. The fraction of sp³-hybridized carbons (Fsp3) is 0.630. The lowest BCUT2D eigenvalue weighted by Gasteiger charge is -2.36. The van der Waals surface area contributed by atoms with Gasteiger partial charge in [-0.3, -0.25) is 14.5 Å². The molecule has 2 rings (SSSR count). The highest BCUT2D eigenvalue weighted by Crippen LogP contribution is 2.29. The highest BCUT2D eigenvalue weighted by atomic mass is 19.1. The molecular formula is C27H40FN3O7. The van der Waals surface area contributed by atoms with Crippen molar-refractivity contribution in [1.82, 2.24) is 15.1 Å². The molecule has 0 bridgehead atoms. The fourth-order valence-corrected chi connectivity index (χ4v) is 3.94. The maximum Gasteiger partial charge on any atom is 0.410 e. The van der Waals surface area contributed by atoms with E-state index >= 15 is 0 Å². The van der Waals surface area contributed by atoms with Crippen molar-refractivity contribution in [2.45, 2.75) is 84.7 Å². The quantitative estimate of drug-likeness (QED) is 0.532.